The van der Waals surface area contributed by atoms with E-state index in [4.69, 9.17) is 4.74 Å². The number of hydrogen-bond acceptors (Lipinski definition) is 4. The number of aliphatic hydroxyl groups is 1. The highest BCUT2D eigenvalue weighted by molar-refractivity contribution is 9.10. The van der Waals surface area contributed by atoms with Crippen LogP contribution in [-0.2, 0) is 0 Å². The summed E-state index contributed by atoms with van der Waals surface area (Å²) in [6.45, 7) is 2.67. The summed E-state index contributed by atoms with van der Waals surface area (Å²) in [5, 5.41) is 12.9. The lowest BCUT2D eigenvalue weighted by atomic mass is 10.3. The minimum atomic E-state index is -0.490. The van der Waals surface area contributed by atoms with Crippen molar-refractivity contribution in [3.8, 4) is 5.75 Å². The first-order valence-corrected chi connectivity index (χ1v) is 6.79. The number of hydrogen-bond donors (Lipinski definition) is 2. The molecule has 0 aliphatic rings. The van der Waals surface area contributed by atoms with Crippen molar-refractivity contribution < 1.29 is 9.84 Å². The van der Waals surface area contributed by atoms with Crippen LogP contribution in [0.4, 0.5) is 0 Å². The zero-order valence-corrected chi connectivity index (χ0v) is 12.5. The van der Waals surface area contributed by atoms with Crippen LogP contribution in [0.5, 0.6) is 5.75 Å². The van der Waals surface area contributed by atoms with Gasteiger partial charge in [-0.25, -0.2) is 0 Å². The molecule has 4 nitrogen and oxygen atoms in total. The second kappa shape index (κ2) is 8.48. The minimum Gasteiger partial charge on any atom is -0.491 e. The van der Waals surface area contributed by atoms with Gasteiger partial charge in [-0.05, 0) is 38.4 Å². The maximum absolute atomic E-state index is 9.72. The monoisotopic (exact) mass is 316 g/mol. The van der Waals surface area contributed by atoms with E-state index in [0.717, 1.165) is 23.3 Å². The maximum atomic E-state index is 9.72. The van der Waals surface area contributed by atoms with Gasteiger partial charge in [0.05, 0.1) is 0 Å². The molecule has 0 fully saturated rings. The molecule has 1 aromatic carbocycles. The molecule has 18 heavy (non-hydrogen) atoms. The number of rotatable bonds is 8. The van der Waals surface area contributed by atoms with Crippen molar-refractivity contribution in [2.75, 3.05) is 40.3 Å². The summed E-state index contributed by atoms with van der Waals surface area (Å²) in [6, 6.07) is 7.57. The van der Waals surface area contributed by atoms with Crippen molar-refractivity contribution in [2.24, 2.45) is 0 Å². The molecule has 0 amide bonds. The van der Waals surface area contributed by atoms with E-state index in [1.54, 1.807) is 0 Å². The summed E-state index contributed by atoms with van der Waals surface area (Å²) >= 11 is 3.36. The van der Waals surface area contributed by atoms with Crippen LogP contribution in [-0.4, -0.2) is 56.4 Å². The molecule has 1 atom stereocenters. The van der Waals surface area contributed by atoms with Crippen molar-refractivity contribution in [2.45, 2.75) is 6.10 Å². The third-order valence-electron chi connectivity index (χ3n) is 2.37. The van der Waals surface area contributed by atoms with Crippen molar-refractivity contribution >= 4 is 15.9 Å². The number of nitrogens with one attached hydrogen (secondary N) is 1. The Morgan fingerprint density at radius 3 is 2.61 bits per heavy atom. The van der Waals surface area contributed by atoms with Crippen molar-refractivity contribution in [3.63, 3.8) is 0 Å². The first-order valence-electron chi connectivity index (χ1n) is 6.00. The second-order valence-corrected chi connectivity index (χ2v) is 5.34. The molecule has 102 valence electrons. The van der Waals surface area contributed by atoms with E-state index in [-0.39, 0.29) is 0 Å². The molecule has 0 saturated heterocycles. The van der Waals surface area contributed by atoms with Crippen LogP contribution in [0.3, 0.4) is 0 Å². The predicted octanol–water partition coefficient (Wildman–Crippen LogP) is 1.34. The average molecular weight is 317 g/mol. The van der Waals surface area contributed by atoms with Crippen LogP contribution in [0.1, 0.15) is 0 Å². The largest absolute Gasteiger partial charge is 0.491 e. The molecule has 0 spiro atoms. The molecular weight excluding hydrogens is 296 g/mol. The van der Waals surface area contributed by atoms with Gasteiger partial charge in [-0.2, -0.15) is 0 Å². The molecule has 0 saturated carbocycles. The number of aliphatic hydroxyl groups excluding tert-OH is 1. The van der Waals surface area contributed by atoms with Crippen LogP contribution in [0.15, 0.2) is 28.7 Å². The molecule has 0 bridgehead atoms. The Hall–Kier alpha value is -0.620. The summed E-state index contributed by atoms with van der Waals surface area (Å²) in [4.78, 5) is 2.09. The van der Waals surface area contributed by atoms with E-state index >= 15 is 0 Å². The Labute approximate surface area is 117 Å². The summed E-state index contributed by atoms with van der Waals surface area (Å²) in [5.41, 5.74) is 0. The Balaban J connectivity index is 2.13. The number of nitrogens with zero attached hydrogens (tertiary/aromatic N) is 1. The van der Waals surface area contributed by atoms with E-state index in [9.17, 15) is 5.11 Å². The van der Waals surface area contributed by atoms with Gasteiger partial charge in [0.1, 0.15) is 18.5 Å². The molecule has 0 radical (unpaired) electrons. The number of ether oxygens (including phenoxy) is 1. The van der Waals surface area contributed by atoms with Gasteiger partial charge in [0.25, 0.3) is 0 Å². The van der Waals surface area contributed by atoms with Crippen LogP contribution in [0.2, 0.25) is 0 Å². The summed E-state index contributed by atoms with van der Waals surface area (Å²) in [6.07, 6.45) is -0.490. The third kappa shape index (κ3) is 6.96. The fourth-order valence-electron chi connectivity index (χ4n) is 1.35. The van der Waals surface area contributed by atoms with Gasteiger partial charge in [0, 0.05) is 24.1 Å². The van der Waals surface area contributed by atoms with E-state index in [1.165, 1.54) is 0 Å². The Morgan fingerprint density at radius 1 is 1.33 bits per heavy atom. The first kappa shape index (κ1) is 15.4. The molecule has 0 aliphatic carbocycles. The fourth-order valence-corrected chi connectivity index (χ4v) is 1.62. The highest BCUT2D eigenvalue weighted by Crippen LogP contribution is 2.16. The van der Waals surface area contributed by atoms with E-state index < -0.39 is 6.10 Å². The van der Waals surface area contributed by atoms with Gasteiger partial charge in [-0.15, -0.1) is 0 Å². The smallest absolute Gasteiger partial charge is 0.119 e. The summed E-state index contributed by atoms with van der Waals surface area (Å²) in [5.74, 6) is 0.769. The van der Waals surface area contributed by atoms with Crippen LogP contribution in [0, 0.1) is 0 Å². The summed E-state index contributed by atoms with van der Waals surface area (Å²) in [7, 11) is 4.05. The van der Waals surface area contributed by atoms with Gasteiger partial charge >= 0.3 is 0 Å². The molecule has 1 rings (SSSR count). The molecule has 2 N–H and O–H groups in total. The molecular formula is C13H21BrN2O2. The maximum Gasteiger partial charge on any atom is 0.119 e. The predicted molar refractivity (Wildman–Crippen MR) is 77.1 cm³/mol. The lowest BCUT2D eigenvalue weighted by Gasteiger charge is -2.14. The van der Waals surface area contributed by atoms with E-state index in [2.05, 4.69) is 26.1 Å². The normalized spacial score (nSPS) is 12.7. The molecule has 5 heteroatoms. The van der Waals surface area contributed by atoms with Gasteiger partial charge in [-0.3, -0.25) is 0 Å². The number of likely N-dealkylation sites (N-methyl/N-ethyl adjacent to an activating group) is 1. The van der Waals surface area contributed by atoms with Gasteiger partial charge in [0.15, 0.2) is 0 Å². The highest BCUT2D eigenvalue weighted by Gasteiger charge is 2.04. The highest BCUT2D eigenvalue weighted by atomic mass is 79.9. The SMILES string of the molecule is CN(C)CCNCC(O)COc1ccc(Br)cc1. The molecule has 0 heterocycles. The second-order valence-electron chi connectivity index (χ2n) is 4.43. The molecule has 1 aromatic rings. The first-order chi connectivity index (χ1) is 8.58. The van der Waals surface area contributed by atoms with Gasteiger partial charge < -0.3 is 20.1 Å². The minimum absolute atomic E-state index is 0.302. The van der Waals surface area contributed by atoms with Crippen molar-refractivity contribution in [1.82, 2.24) is 10.2 Å². The lowest BCUT2D eigenvalue weighted by Crippen LogP contribution is -2.35. The molecule has 0 aromatic heterocycles. The third-order valence-corrected chi connectivity index (χ3v) is 2.90. The standard InChI is InChI=1S/C13H21BrN2O2/c1-16(2)8-7-15-9-12(17)10-18-13-5-3-11(14)4-6-13/h3-6,12,15,17H,7-10H2,1-2H3. The topological polar surface area (TPSA) is 44.7 Å². The average Bonchev–Trinajstić information content (AvgIpc) is 2.34. The van der Waals surface area contributed by atoms with Crippen LogP contribution in [0.25, 0.3) is 0 Å². The summed E-state index contributed by atoms with van der Waals surface area (Å²) < 4.78 is 6.49. The number of benzene rings is 1. The zero-order chi connectivity index (χ0) is 13.4. The van der Waals surface area contributed by atoms with E-state index in [0.29, 0.717) is 13.2 Å². The lowest BCUT2D eigenvalue weighted by molar-refractivity contribution is 0.106. The Bertz CT molecular complexity index is 330. The van der Waals surface area contributed by atoms with Gasteiger partial charge in [0.2, 0.25) is 0 Å². The Kier molecular flexibility index (Phi) is 7.27. The van der Waals surface area contributed by atoms with Crippen molar-refractivity contribution in [3.05, 3.63) is 28.7 Å². The van der Waals surface area contributed by atoms with E-state index in [1.807, 2.05) is 38.4 Å². The van der Waals surface area contributed by atoms with Gasteiger partial charge in [-0.1, -0.05) is 15.9 Å². The van der Waals surface area contributed by atoms with Crippen molar-refractivity contribution in [1.29, 1.82) is 0 Å². The molecule has 1 unspecified atom stereocenters. The quantitative estimate of drug-likeness (QED) is 0.710. The zero-order valence-electron chi connectivity index (χ0n) is 10.9. The van der Waals surface area contributed by atoms with Crippen LogP contribution >= 0.6 is 15.9 Å². The fraction of sp³-hybridized carbons (Fsp3) is 0.538. The van der Waals surface area contributed by atoms with Crippen LogP contribution < -0.4 is 10.1 Å². The molecule has 0 aliphatic heterocycles. The Morgan fingerprint density at radius 2 is 2.00 bits per heavy atom. The number of halogens is 1.